The maximum atomic E-state index is 12.4. The molecule has 0 aliphatic carbocycles. The Balaban J connectivity index is 1.97. The van der Waals surface area contributed by atoms with E-state index in [1.807, 2.05) is 24.0 Å². The second-order valence-electron chi connectivity index (χ2n) is 4.95. The van der Waals surface area contributed by atoms with E-state index in [2.05, 4.69) is 12.2 Å². The van der Waals surface area contributed by atoms with Crippen molar-refractivity contribution in [1.82, 2.24) is 10.2 Å². The van der Waals surface area contributed by atoms with Gasteiger partial charge in [0.15, 0.2) is 0 Å². The van der Waals surface area contributed by atoms with E-state index in [9.17, 15) is 4.79 Å². The zero-order valence-corrected chi connectivity index (χ0v) is 12.1. The number of nitrogens with one attached hydrogen (secondary N) is 1. The van der Waals surface area contributed by atoms with Crippen molar-refractivity contribution in [3.05, 3.63) is 21.9 Å². The van der Waals surface area contributed by atoms with Crippen LogP contribution in [-0.4, -0.2) is 37.0 Å². The van der Waals surface area contributed by atoms with Gasteiger partial charge in [0.2, 0.25) is 0 Å². The van der Waals surface area contributed by atoms with Gasteiger partial charge in [0.25, 0.3) is 5.91 Å². The Bertz CT molecular complexity index is 396. The highest BCUT2D eigenvalue weighted by molar-refractivity contribution is 7.13. The quantitative estimate of drug-likeness (QED) is 0.908. The molecular weight excluding hydrogens is 244 g/mol. The summed E-state index contributed by atoms with van der Waals surface area (Å²) < 4.78 is 0. The van der Waals surface area contributed by atoms with E-state index in [0.29, 0.717) is 5.92 Å². The van der Waals surface area contributed by atoms with Crippen LogP contribution in [0.25, 0.3) is 0 Å². The lowest BCUT2D eigenvalue weighted by molar-refractivity contribution is 0.0731. The number of carbonyl (C=O) groups is 1. The Morgan fingerprint density at radius 1 is 1.44 bits per heavy atom. The maximum absolute atomic E-state index is 12.4. The Morgan fingerprint density at radius 2 is 2.17 bits per heavy atom. The summed E-state index contributed by atoms with van der Waals surface area (Å²) in [6.45, 7) is 8.01. The topological polar surface area (TPSA) is 32.3 Å². The summed E-state index contributed by atoms with van der Waals surface area (Å²) in [7, 11) is 0. The minimum atomic E-state index is 0.203. The zero-order valence-electron chi connectivity index (χ0n) is 11.2. The number of thiophene rings is 1. The molecule has 3 nitrogen and oxygen atoms in total. The van der Waals surface area contributed by atoms with Gasteiger partial charge >= 0.3 is 0 Å². The van der Waals surface area contributed by atoms with Gasteiger partial charge in [-0.05, 0) is 57.8 Å². The van der Waals surface area contributed by atoms with Gasteiger partial charge in [-0.15, -0.1) is 11.3 Å². The molecule has 1 aromatic rings. The molecule has 0 unspecified atom stereocenters. The minimum Gasteiger partial charge on any atom is -0.338 e. The average molecular weight is 266 g/mol. The first kappa shape index (κ1) is 13.6. The van der Waals surface area contributed by atoms with Gasteiger partial charge in [-0.3, -0.25) is 4.79 Å². The molecule has 0 radical (unpaired) electrons. The lowest BCUT2D eigenvalue weighted by Crippen LogP contribution is -2.39. The summed E-state index contributed by atoms with van der Waals surface area (Å²) in [4.78, 5) is 16.5. The second kappa shape index (κ2) is 6.34. The molecule has 100 valence electrons. The van der Waals surface area contributed by atoms with Gasteiger partial charge in [-0.1, -0.05) is 0 Å². The van der Waals surface area contributed by atoms with E-state index < -0.39 is 0 Å². The van der Waals surface area contributed by atoms with E-state index in [1.165, 1.54) is 17.7 Å². The Labute approximate surface area is 113 Å². The number of hydrogen-bond acceptors (Lipinski definition) is 3. The van der Waals surface area contributed by atoms with Crippen molar-refractivity contribution in [2.45, 2.75) is 26.7 Å². The van der Waals surface area contributed by atoms with Crippen LogP contribution in [0.4, 0.5) is 0 Å². The first-order valence-corrected chi connectivity index (χ1v) is 7.58. The van der Waals surface area contributed by atoms with Crippen molar-refractivity contribution in [1.29, 1.82) is 0 Å². The third-order valence-corrected chi connectivity index (χ3v) is 4.55. The average Bonchev–Trinajstić information content (AvgIpc) is 2.83. The van der Waals surface area contributed by atoms with Crippen LogP contribution in [0.1, 0.15) is 34.3 Å². The molecule has 0 bridgehead atoms. The summed E-state index contributed by atoms with van der Waals surface area (Å²) in [6.07, 6.45) is 2.38. The van der Waals surface area contributed by atoms with Gasteiger partial charge in [0.1, 0.15) is 0 Å². The van der Waals surface area contributed by atoms with Crippen LogP contribution in [-0.2, 0) is 0 Å². The summed E-state index contributed by atoms with van der Waals surface area (Å²) in [5.74, 6) is 0.866. The second-order valence-corrected chi connectivity index (χ2v) is 6.24. The van der Waals surface area contributed by atoms with E-state index in [0.717, 1.165) is 31.1 Å². The molecule has 1 amide bonds. The molecule has 18 heavy (non-hydrogen) atoms. The van der Waals surface area contributed by atoms with Crippen molar-refractivity contribution in [2.75, 3.05) is 26.2 Å². The molecule has 1 aromatic heterocycles. The van der Waals surface area contributed by atoms with Crippen molar-refractivity contribution in [3.8, 4) is 0 Å². The van der Waals surface area contributed by atoms with Crippen LogP contribution in [0.15, 0.2) is 12.1 Å². The summed E-state index contributed by atoms with van der Waals surface area (Å²) in [6, 6.07) is 3.98. The third-order valence-electron chi connectivity index (χ3n) is 3.56. The molecule has 0 atom stereocenters. The Hall–Kier alpha value is -0.870. The van der Waals surface area contributed by atoms with Gasteiger partial charge in [0.05, 0.1) is 4.88 Å². The van der Waals surface area contributed by atoms with Crippen LogP contribution < -0.4 is 5.32 Å². The van der Waals surface area contributed by atoms with Crippen LogP contribution in [0.2, 0.25) is 0 Å². The standard InChI is InChI=1S/C14H22N2OS/c1-3-16(10-12-6-8-15-9-7-12)14(17)13-5-4-11(2)18-13/h4-5,12,15H,3,6-10H2,1-2H3. The van der Waals surface area contributed by atoms with E-state index >= 15 is 0 Å². The highest BCUT2D eigenvalue weighted by Gasteiger charge is 2.21. The minimum absolute atomic E-state index is 0.203. The fourth-order valence-corrected chi connectivity index (χ4v) is 3.27. The smallest absolute Gasteiger partial charge is 0.263 e. The van der Waals surface area contributed by atoms with E-state index in [4.69, 9.17) is 0 Å². The number of hydrogen-bond donors (Lipinski definition) is 1. The predicted molar refractivity (Wildman–Crippen MR) is 76.2 cm³/mol. The van der Waals surface area contributed by atoms with Crippen molar-refractivity contribution in [2.24, 2.45) is 5.92 Å². The highest BCUT2D eigenvalue weighted by atomic mass is 32.1. The molecule has 4 heteroatoms. The maximum Gasteiger partial charge on any atom is 0.263 e. The largest absolute Gasteiger partial charge is 0.338 e. The van der Waals surface area contributed by atoms with E-state index in [-0.39, 0.29) is 5.91 Å². The first-order valence-electron chi connectivity index (χ1n) is 6.77. The zero-order chi connectivity index (χ0) is 13.0. The molecule has 1 N–H and O–H groups in total. The molecule has 2 heterocycles. The highest BCUT2D eigenvalue weighted by Crippen LogP contribution is 2.19. The van der Waals surface area contributed by atoms with Crippen LogP contribution in [0.5, 0.6) is 0 Å². The lowest BCUT2D eigenvalue weighted by atomic mass is 9.97. The number of rotatable bonds is 4. The molecule has 1 aliphatic heterocycles. The van der Waals surface area contributed by atoms with Crippen LogP contribution in [0.3, 0.4) is 0 Å². The summed E-state index contributed by atoms with van der Waals surface area (Å²) in [5, 5.41) is 3.37. The van der Waals surface area contributed by atoms with Crippen molar-refractivity contribution in [3.63, 3.8) is 0 Å². The normalized spacial score (nSPS) is 16.8. The number of nitrogens with zero attached hydrogens (tertiary/aromatic N) is 1. The van der Waals surface area contributed by atoms with E-state index in [1.54, 1.807) is 11.3 Å². The molecule has 2 rings (SSSR count). The third kappa shape index (κ3) is 3.33. The van der Waals surface area contributed by atoms with Crippen LogP contribution >= 0.6 is 11.3 Å². The lowest BCUT2D eigenvalue weighted by Gasteiger charge is -2.29. The summed E-state index contributed by atoms with van der Waals surface area (Å²) in [5.41, 5.74) is 0. The Morgan fingerprint density at radius 3 is 2.72 bits per heavy atom. The van der Waals surface area contributed by atoms with Crippen molar-refractivity contribution < 1.29 is 4.79 Å². The molecule has 0 aromatic carbocycles. The van der Waals surface area contributed by atoms with Crippen LogP contribution in [0, 0.1) is 12.8 Å². The molecule has 0 saturated carbocycles. The number of carbonyl (C=O) groups excluding carboxylic acids is 1. The SMILES string of the molecule is CCN(CC1CCNCC1)C(=O)c1ccc(C)s1. The Kier molecular flexibility index (Phi) is 4.78. The molecular formula is C14H22N2OS. The fourth-order valence-electron chi connectivity index (χ4n) is 2.44. The number of aryl methyl sites for hydroxylation is 1. The first-order chi connectivity index (χ1) is 8.70. The molecule has 0 spiro atoms. The predicted octanol–water partition coefficient (Wildman–Crippen LogP) is 2.52. The monoisotopic (exact) mass is 266 g/mol. The van der Waals surface area contributed by atoms with Gasteiger partial charge in [-0.2, -0.15) is 0 Å². The summed E-state index contributed by atoms with van der Waals surface area (Å²) >= 11 is 1.60. The molecule has 1 aliphatic rings. The number of amides is 1. The van der Waals surface area contributed by atoms with Crippen molar-refractivity contribution >= 4 is 17.2 Å². The molecule has 1 fully saturated rings. The number of piperidine rings is 1. The van der Waals surface area contributed by atoms with Gasteiger partial charge in [0, 0.05) is 18.0 Å². The molecule has 1 saturated heterocycles. The van der Waals surface area contributed by atoms with Gasteiger partial charge in [-0.25, -0.2) is 0 Å². The fraction of sp³-hybridized carbons (Fsp3) is 0.643. The van der Waals surface area contributed by atoms with Gasteiger partial charge < -0.3 is 10.2 Å².